The topological polar surface area (TPSA) is 57.6 Å². The number of carboxylic acids is 1. The van der Waals surface area contributed by atoms with Crippen molar-refractivity contribution in [3.8, 4) is 0 Å². The summed E-state index contributed by atoms with van der Waals surface area (Å²) >= 11 is 1.56. The van der Waals surface area contributed by atoms with E-state index in [-0.39, 0.29) is 17.2 Å². The number of fused-ring (bicyclic) bond motifs is 1. The van der Waals surface area contributed by atoms with Crippen LogP contribution in [0.15, 0.2) is 35.2 Å². The summed E-state index contributed by atoms with van der Waals surface area (Å²) in [6, 6.07) is 9.23. The minimum atomic E-state index is -0.890. The van der Waals surface area contributed by atoms with Crippen molar-refractivity contribution in [1.29, 1.82) is 0 Å². The SMILES string of the molecule is O=C(O)[C@@H]1C(Sc2ccccc2)CC2CC(=O)N21. The van der Waals surface area contributed by atoms with Gasteiger partial charge in [0.1, 0.15) is 6.04 Å². The molecule has 0 saturated carbocycles. The Bertz CT molecular complexity index is 490. The van der Waals surface area contributed by atoms with Crippen LogP contribution in [0.2, 0.25) is 0 Å². The molecule has 2 aliphatic heterocycles. The summed E-state index contributed by atoms with van der Waals surface area (Å²) in [5.74, 6) is -0.914. The molecule has 4 nitrogen and oxygen atoms in total. The molecule has 1 aromatic rings. The van der Waals surface area contributed by atoms with E-state index in [1.807, 2.05) is 30.3 Å². The number of carboxylic acid groups (broad SMARTS) is 1. The monoisotopic (exact) mass is 263 g/mol. The molecule has 3 rings (SSSR count). The maximum absolute atomic E-state index is 11.5. The zero-order valence-electron chi connectivity index (χ0n) is 9.65. The molecule has 2 heterocycles. The Morgan fingerprint density at radius 2 is 2.06 bits per heavy atom. The largest absolute Gasteiger partial charge is 0.480 e. The molecular formula is C13H13NO3S. The first kappa shape index (κ1) is 11.6. The standard InChI is InChI=1S/C13H13NO3S/c15-11-7-8-6-10(12(13(16)17)14(8)11)18-9-4-2-1-3-5-9/h1-5,8,10,12H,6-7H2,(H,16,17)/t8?,10?,12-/m0/s1. The lowest BCUT2D eigenvalue weighted by Crippen LogP contribution is -2.55. The average molecular weight is 263 g/mol. The average Bonchev–Trinajstić information content (AvgIpc) is 2.63. The number of nitrogens with zero attached hydrogens (tertiary/aromatic N) is 1. The van der Waals surface area contributed by atoms with Crippen molar-refractivity contribution in [3.63, 3.8) is 0 Å². The zero-order chi connectivity index (χ0) is 12.7. The molecule has 0 bridgehead atoms. The first-order valence-electron chi connectivity index (χ1n) is 5.92. The summed E-state index contributed by atoms with van der Waals surface area (Å²) in [5.41, 5.74) is 0. The van der Waals surface area contributed by atoms with Crippen molar-refractivity contribution in [2.45, 2.75) is 35.1 Å². The molecule has 1 amide bonds. The molecule has 94 valence electrons. The summed E-state index contributed by atoms with van der Waals surface area (Å²) in [6.07, 6.45) is 1.29. The van der Waals surface area contributed by atoms with Crippen molar-refractivity contribution in [3.05, 3.63) is 30.3 Å². The highest BCUT2D eigenvalue weighted by atomic mass is 32.2. The van der Waals surface area contributed by atoms with Gasteiger partial charge in [-0.05, 0) is 18.6 Å². The maximum Gasteiger partial charge on any atom is 0.327 e. The van der Waals surface area contributed by atoms with Gasteiger partial charge in [-0.2, -0.15) is 0 Å². The summed E-state index contributed by atoms with van der Waals surface area (Å²) in [7, 11) is 0. The third-order valence-electron chi connectivity index (χ3n) is 3.53. The minimum absolute atomic E-state index is 0.0245. The number of hydrogen-bond acceptors (Lipinski definition) is 3. The molecule has 2 fully saturated rings. The Kier molecular flexibility index (Phi) is 2.78. The Balaban J connectivity index is 1.79. The van der Waals surface area contributed by atoms with Crippen LogP contribution in [0.25, 0.3) is 0 Å². The first-order valence-corrected chi connectivity index (χ1v) is 6.80. The molecule has 2 saturated heterocycles. The number of carbonyl (C=O) groups excluding carboxylic acids is 1. The van der Waals surface area contributed by atoms with Crippen molar-refractivity contribution in [1.82, 2.24) is 4.90 Å². The molecule has 1 N–H and O–H groups in total. The number of thioether (sulfide) groups is 1. The number of hydrogen-bond donors (Lipinski definition) is 1. The quantitative estimate of drug-likeness (QED) is 0.842. The normalized spacial score (nSPS) is 29.9. The van der Waals surface area contributed by atoms with E-state index in [4.69, 9.17) is 0 Å². The maximum atomic E-state index is 11.5. The predicted molar refractivity (Wildman–Crippen MR) is 67.4 cm³/mol. The number of β-lactam (4-membered cyclic amide) rings is 1. The van der Waals surface area contributed by atoms with Crippen LogP contribution in [0.5, 0.6) is 0 Å². The van der Waals surface area contributed by atoms with Gasteiger partial charge in [0.05, 0.1) is 0 Å². The highest BCUT2D eigenvalue weighted by Gasteiger charge is 2.54. The van der Waals surface area contributed by atoms with Crippen LogP contribution in [0.3, 0.4) is 0 Å². The van der Waals surface area contributed by atoms with Gasteiger partial charge >= 0.3 is 5.97 Å². The molecule has 0 spiro atoms. The van der Waals surface area contributed by atoms with Crippen LogP contribution >= 0.6 is 11.8 Å². The molecule has 0 aliphatic carbocycles. The van der Waals surface area contributed by atoms with Crippen LogP contribution in [0.4, 0.5) is 0 Å². The van der Waals surface area contributed by atoms with E-state index in [0.29, 0.717) is 6.42 Å². The van der Waals surface area contributed by atoms with E-state index in [9.17, 15) is 14.7 Å². The number of amides is 1. The Hall–Kier alpha value is -1.49. The second-order valence-corrected chi connectivity index (χ2v) is 5.96. The molecule has 2 aliphatic rings. The van der Waals surface area contributed by atoms with Gasteiger partial charge < -0.3 is 10.0 Å². The van der Waals surface area contributed by atoms with Crippen molar-refractivity contribution >= 4 is 23.6 Å². The van der Waals surface area contributed by atoms with Gasteiger partial charge in [0.25, 0.3) is 0 Å². The van der Waals surface area contributed by atoms with Gasteiger partial charge in [-0.3, -0.25) is 4.79 Å². The summed E-state index contributed by atoms with van der Waals surface area (Å²) in [4.78, 5) is 25.4. The summed E-state index contributed by atoms with van der Waals surface area (Å²) in [5, 5.41) is 9.25. The molecule has 1 aromatic carbocycles. The van der Waals surface area contributed by atoms with Gasteiger partial charge in [-0.25, -0.2) is 4.79 Å². The van der Waals surface area contributed by atoms with E-state index in [1.165, 1.54) is 0 Å². The fourth-order valence-corrected chi connectivity index (χ4v) is 4.07. The van der Waals surface area contributed by atoms with E-state index in [1.54, 1.807) is 16.7 Å². The van der Waals surface area contributed by atoms with Gasteiger partial charge in [0.15, 0.2) is 0 Å². The first-order chi connectivity index (χ1) is 8.66. The Labute approximate surface area is 109 Å². The number of rotatable bonds is 3. The number of carbonyl (C=O) groups is 2. The van der Waals surface area contributed by atoms with Gasteiger partial charge in [0, 0.05) is 22.6 Å². The third-order valence-corrected chi connectivity index (χ3v) is 4.83. The lowest BCUT2D eigenvalue weighted by molar-refractivity contribution is -0.156. The smallest absolute Gasteiger partial charge is 0.327 e. The van der Waals surface area contributed by atoms with Gasteiger partial charge in [-0.15, -0.1) is 11.8 Å². The van der Waals surface area contributed by atoms with Gasteiger partial charge in [-0.1, -0.05) is 18.2 Å². The van der Waals surface area contributed by atoms with Crippen LogP contribution in [0.1, 0.15) is 12.8 Å². The molecule has 18 heavy (non-hydrogen) atoms. The van der Waals surface area contributed by atoms with Crippen molar-refractivity contribution < 1.29 is 14.7 Å². The molecule has 3 atom stereocenters. The molecule has 2 unspecified atom stereocenters. The van der Waals surface area contributed by atoms with Crippen LogP contribution < -0.4 is 0 Å². The van der Waals surface area contributed by atoms with E-state index in [0.717, 1.165) is 11.3 Å². The second-order valence-electron chi connectivity index (χ2n) is 4.65. The molecular weight excluding hydrogens is 250 g/mol. The number of aliphatic carboxylic acids is 1. The molecule has 5 heteroatoms. The highest BCUT2D eigenvalue weighted by molar-refractivity contribution is 8.00. The highest BCUT2D eigenvalue weighted by Crippen LogP contribution is 2.43. The fourth-order valence-electron chi connectivity index (χ4n) is 2.72. The van der Waals surface area contributed by atoms with E-state index >= 15 is 0 Å². The Morgan fingerprint density at radius 3 is 2.67 bits per heavy atom. The predicted octanol–water partition coefficient (Wildman–Crippen LogP) is 1.61. The third kappa shape index (κ3) is 1.79. The summed E-state index contributed by atoms with van der Waals surface area (Å²) < 4.78 is 0. The van der Waals surface area contributed by atoms with E-state index < -0.39 is 12.0 Å². The van der Waals surface area contributed by atoms with Crippen LogP contribution in [-0.2, 0) is 9.59 Å². The van der Waals surface area contributed by atoms with E-state index in [2.05, 4.69) is 0 Å². The minimum Gasteiger partial charge on any atom is -0.480 e. The number of benzene rings is 1. The lowest BCUT2D eigenvalue weighted by atomic mass is 10.0. The van der Waals surface area contributed by atoms with Crippen molar-refractivity contribution in [2.24, 2.45) is 0 Å². The second kappa shape index (κ2) is 4.31. The van der Waals surface area contributed by atoms with Crippen LogP contribution in [-0.4, -0.2) is 39.2 Å². The fraction of sp³-hybridized carbons (Fsp3) is 0.385. The Morgan fingerprint density at radius 1 is 1.33 bits per heavy atom. The van der Waals surface area contributed by atoms with Gasteiger partial charge in [0.2, 0.25) is 5.91 Å². The van der Waals surface area contributed by atoms with Crippen LogP contribution in [0, 0.1) is 0 Å². The molecule has 0 aromatic heterocycles. The molecule has 0 radical (unpaired) electrons. The van der Waals surface area contributed by atoms with Crippen molar-refractivity contribution in [2.75, 3.05) is 0 Å². The lowest BCUT2D eigenvalue weighted by Gasteiger charge is -2.37. The zero-order valence-corrected chi connectivity index (χ0v) is 10.5. The summed E-state index contributed by atoms with van der Waals surface area (Å²) in [6.45, 7) is 0.